The van der Waals surface area contributed by atoms with Gasteiger partial charge in [0.15, 0.2) is 0 Å². The Balaban J connectivity index is 2.73. The molecule has 6 nitrogen and oxygen atoms in total. The summed E-state index contributed by atoms with van der Waals surface area (Å²) in [5.41, 5.74) is 7.99. The Hall–Kier alpha value is -0.970. The third-order valence-corrected chi connectivity index (χ3v) is 3.52. The Morgan fingerprint density at radius 2 is 2.18 bits per heavy atom. The lowest BCUT2D eigenvalue weighted by atomic mass is 9.85. The Bertz CT molecular complexity index is 333. The quantitative estimate of drug-likeness (QED) is 0.257. The van der Waals surface area contributed by atoms with Crippen LogP contribution in [0.3, 0.4) is 0 Å². The molecule has 96 valence electrons. The van der Waals surface area contributed by atoms with Crippen molar-refractivity contribution in [3.05, 3.63) is 10.4 Å². The molecule has 1 aliphatic rings. The second-order valence-corrected chi connectivity index (χ2v) is 4.67. The van der Waals surface area contributed by atoms with Crippen LogP contribution in [0.1, 0.15) is 20.8 Å². The van der Waals surface area contributed by atoms with Crippen LogP contribution in [0.5, 0.6) is 0 Å². The van der Waals surface area contributed by atoms with Crippen LogP contribution in [0, 0.1) is 11.8 Å². The molecule has 1 heterocycles. The van der Waals surface area contributed by atoms with Crippen molar-refractivity contribution < 1.29 is 14.3 Å². The molecule has 0 saturated carbocycles. The average Bonchev–Trinajstić information content (AvgIpc) is 2.27. The Labute approximate surface area is 105 Å². The Morgan fingerprint density at radius 3 is 2.71 bits per heavy atom. The molecule has 0 N–H and O–H groups in total. The van der Waals surface area contributed by atoms with Gasteiger partial charge in [-0.1, -0.05) is 30.6 Å². The number of carbonyl (C=O) groups is 1. The maximum atomic E-state index is 10.8. The van der Waals surface area contributed by atoms with Gasteiger partial charge in [-0.2, -0.15) is 0 Å². The first-order chi connectivity index (χ1) is 7.97. The molecular weight excluding hydrogens is 246 g/mol. The molecule has 5 atom stereocenters. The summed E-state index contributed by atoms with van der Waals surface area (Å²) >= 11 is 6.03. The monoisotopic (exact) mass is 261 g/mol. The molecule has 0 aromatic heterocycles. The first-order valence-electron chi connectivity index (χ1n) is 5.44. The first-order valence-corrected chi connectivity index (χ1v) is 5.88. The zero-order valence-corrected chi connectivity index (χ0v) is 10.8. The highest BCUT2D eigenvalue weighted by atomic mass is 35.5. The standard InChI is InChI=1S/C10H16ClN3O3/c1-5-8(4-16-7(3)15)17-10(11)6(2)9(5)13-14-12/h5-6,8-10H,4H2,1-3H3/t5-,6?,8?,9-,10+/m0/s1. The van der Waals surface area contributed by atoms with Crippen molar-refractivity contribution in [2.45, 2.75) is 38.5 Å². The lowest BCUT2D eigenvalue weighted by Gasteiger charge is -2.40. The first kappa shape index (κ1) is 14.1. The van der Waals surface area contributed by atoms with E-state index >= 15 is 0 Å². The third-order valence-electron chi connectivity index (χ3n) is 3.02. The van der Waals surface area contributed by atoms with E-state index in [2.05, 4.69) is 10.0 Å². The van der Waals surface area contributed by atoms with E-state index < -0.39 is 5.56 Å². The van der Waals surface area contributed by atoms with E-state index in [0.717, 1.165) is 0 Å². The van der Waals surface area contributed by atoms with Crippen LogP contribution in [0.15, 0.2) is 5.11 Å². The molecule has 7 heteroatoms. The molecule has 0 aromatic rings. The van der Waals surface area contributed by atoms with E-state index in [1.807, 2.05) is 13.8 Å². The fourth-order valence-electron chi connectivity index (χ4n) is 1.93. The number of esters is 1. The number of halogens is 1. The number of rotatable bonds is 3. The summed E-state index contributed by atoms with van der Waals surface area (Å²) in [5.74, 6) is -0.489. The van der Waals surface area contributed by atoms with Gasteiger partial charge in [-0.25, -0.2) is 0 Å². The second-order valence-electron chi connectivity index (χ2n) is 4.24. The van der Waals surface area contributed by atoms with Crippen molar-refractivity contribution in [1.82, 2.24) is 0 Å². The van der Waals surface area contributed by atoms with Crippen LogP contribution < -0.4 is 0 Å². The summed E-state index contributed by atoms with van der Waals surface area (Å²) in [4.78, 5) is 13.6. The van der Waals surface area contributed by atoms with Gasteiger partial charge in [0.1, 0.15) is 12.2 Å². The molecular formula is C10H16ClN3O3. The van der Waals surface area contributed by atoms with Crippen molar-refractivity contribution in [3.63, 3.8) is 0 Å². The van der Waals surface area contributed by atoms with E-state index in [-0.39, 0.29) is 36.6 Å². The topological polar surface area (TPSA) is 84.3 Å². The Kier molecular flexibility index (Phi) is 5.05. The Morgan fingerprint density at radius 1 is 1.53 bits per heavy atom. The van der Waals surface area contributed by atoms with Crippen LogP contribution in [0.4, 0.5) is 0 Å². The van der Waals surface area contributed by atoms with Crippen molar-refractivity contribution >= 4 is 17.6 Å². The highest BCUT2D eigenvalue weighted by molar-refractivity contribution is 6.20. The van der Waals surface area contributed by atoms with Crippen molar-refractivity contribution in [3.8, 4) is 0 Å². The maximum absolute atomic E-state index is 10.8. The summed E-state index contributed by atoms with van der Waals surface area (Å²) < 4.78 is 10.4. The summed E-state index contributed by atoms with van der Waals surface area (Å²) in [6, 6.07) is -0.253. The van der Waals surface area contributed by atoms with Gasteiger partial charge in [0.05, 0.1) is 6.10 Å². The van der Waals surface area contributed by atoms with E-state index in [1.54, 1.807) is 0 Å². The van der Waals surface area contributed by atoms with Crippen molar-refractivity contribution in [2.75, 3.05) is 6.61 Å². The minimum Gasteiger partial charge on any atom is -0.463 e. The molecule has 0 bridgehead atoms. The molecule has 0 aromatic carbocycles. The minimum absolute atomic E-state index is 0.0461. The normalized spacial score (nSPS) is 37.1. The van der Waals surface area contributed by atoms with E-state index in [0.29, 0.717) is 0 Å². The van der Waals surface area contributed by atoms with Gasteiger partial charge in [0.25, 0.3) is 0 Å². The highest BCUT2D eigenvalue weighted by Gasteiger charge is 2.40. The minimum atomic E-state index is -0.540. The number of alkyl halides is 1. The predicted octanol–water partition coefficient (Wildman–Crippen LogP) is 2.46. The second kappa shape index (κ2) is 6.10. The van der Waals surface area contributed by atoms with E-state index in [9.17, 15) is 4.79 Å². The number of nitrogens with zero attached hydrogens (tertiary/aromatic N) is 3. The van der Waals surface area contributed by atoms with Crippen LogP contribution in [0.2, 0.25) is 0 Å². The molecule has 1 aliphatic heterocycles. The number of hydrogen-bond acceptors (Lipinski definition) is 4. The van der Waals surface area contributed by atoms with Gasteiger partial charge in [0.2, 0.25) is 0 Å². The molecule has 1 fully saturated rings. The van der Waals surface area contributed by atoms with Crippen LogP contribution >= 0.6 is 11.6 Å². The lowest BCUT2D eigenvalue weighted by Crippen LogP contribution is -2.48. The summed E-state index contributed by atoms with van der Waals surface area (Å²) in [6.07, 6.45) is -0.340. The fourth-order valence-corrected chi connectivity index (χ4v) is 2.21. The van der Waals surface area contributed by atoms with Crippen molar-refractivity contribution in [1.29, 1.82) is 0 Å². The van der Waals surface area contributed by atoms with E-state index in [4.69, 9.17) is 26.6 Å². The molecule has 0 radical (unpaired) electrons. The van der Waals surface area contributed by atoms with E-state index in [1.165, 1.54) is 6.92 Å². The third kappa shape index (κ3) is 3.49. The molecule has 17 heavy (non-hydrogen) atoms. The smallest absolute Gasteiger partial charge is 0.302 e. The largest absolute Gasteiger partial charge is 0.463 e. The number of ether oxygens (including phenoxy) is 2. The van der Waals surface area contributed by atoms with Gasteiger partial charge in [-0.15, -0.1) is 0 Å². The summed E-state index contributed by atoms with van der Waals surface area (Å²) in [7, 11) is 0. The van der Waals surface area contributed by atoms with Crippen molar-refractivity contribution in [2.24, 2.45) is 17.0 Å². The zero-order chi connectivity index (χ0) is 13.0. The SMILES string of the molecule is CC(=O)OCC1O[C@@H](Cl)C(C)[C@@H](N=[N+]=[N-])[C@H]1C. The highest BCUT2D eigenvalue weighted by Crippen LogP contribution is 2.34. The lowest BCUT2D eigenvalue weighted by molar-refractivity contribution is -0.153. The van der Waals surface area contributed by atoms with Gasteiger partial charge < -0.3 is 9.47 Å². The molecule has 1 rings (SSSR count). The maximum Gasteiger partial charge on any atom is 0.302 e. The van der Waals surface area contributed by atoms with Gasteiger partial charge in [0, 0.05) is 23.8 Å². The van der Waals surface area contributed by atoms with Gasteiger partial charge in [-0.3, -0.25) is 4.79 Å². The molecule has 0 aliphatic carbocycles. The van der Waals surface area contributed by atoms with Gasteiger partial charge >= 0.3 is 5.97 Å². The molecule has 2 unspecified atom stereocenters. The fraction of sp³-hybridized carbons (Fsp3) is 0.900. The predicted molar refractivity (Wildman–Crippen MR) is 62.4 cm³/mol. The zero-order valence-electron chi connectivity index (χ0n) is 10.0. The summed E-state index contributed by atoms with van der Waals surface area (Å²) in [6.45, 7) is 5.23. The molecule has 1 saturated heterocycles. The average molecular weight is 262 g/mol. The number of carbonyl (C=O) groups excluding carboxylic acids is 1. The van der Waals surface area contributed by atoms with Crippen LogP contribution in [-0.4, -0.2) is 30.3 Å². The summed E-state index contributed by atoms with van der Waals surface area (Å²) in [5, 5.41) is 3.75. The molecule has 0 spiro atoms. The van der Waals surface area contributed by atoms with Gasteiger partial charge in [-0.05, 0) is 11.4 Å². The number of hydrogen-bond donors (Lipinski definition) is 0. The van der Waals surface area contributed by atoms with Crippen LogP contribution in [-0.2, 0) is 14.3 Å². The van der Waals surface area contributed by atoms with Crippen LogP contribution in [0.25, 0.3) is 10.4 Å². The number of azide groups is 1. The molecule has 0 amide bonds.